The summed E-state index contributed by atoms with van der Waals surface area (Å²) in [5.41, 5.74) is 5.30. The Labute approximate surface area is 213 Å². The van der Waals surface area contributed by atoms with E-state index in [0.717, 1.165) is 59.7 Å². The Bertz CT molecular complexity index is 1200. The van der Waals surface area contributed by atoms with Crippen LogP contribution in [0.3, 0.4) is 0 Å². The van der Waals surface area contributed by atoms with Crippen LogP contribution in [-0.2, 0) is 4.79 Å². The van der Waals surface area contributed by atoms with Gasteiger partial charge in [0.1, 0.15) is 5.75 Å². The predicted octanol–water partition coefficient (Wildman–Crippen LogP) is 6.16. The van der Waals surface area contributed by atoms with Crippen LogP contribution in [-0.4, -0.2) is 43.0 Å². The number of amides is 2. The second kappa shape index (κ2) is 11.4. The zero-order valence-electron chi connectivity index (χ0n) is 21.5. The lowest BCUT2D eigenvalue weighted by Crippen LogP contribution is -2.37. The number of nitrogens with zero attached hydrogens (tertiary/aromatic N) is 1. The summed E-state index contributed by atoms with van der Waals surface area (Å²) in [5.74, 6) is 1.06. The zero-order chi connectivity index (χ0) is 25.7. The van der Waals surface area contributed by atoms with Gasteiger partial charge in [0.2, 0.25) is 5.91 Å². The maximum Gasteiger partial charge on any atom is 0.255 e. The molecule has 0 aliphatic carbocycles. The molecule has 1 aliphatic heterocycles. The summed E-state index contributed by atoms with van der Waals surface area (Å²) in [7, 11) is 1.70. The molecule has 0 bridgehead atoms. The van der Waals surface area contributed by atoms with Crippen LogP contribution in [0.2, 0.25) is 0 Å². The lowest BCUT2D eigenvalue weighted by atomic mass is 9.88. The molecular formula is C30H35N3O3. The Morgan fingerprint density at radius 2 is 1.44 bits per heavy atom. The first-order valence-corrected chi connectivity index (χ1v) is 12.6. The first kappa shape index (κ1) is 25.5. The van der Waals surface area contributed by atoms with Gasteiger partial charge in [-0.2, -0.15) is 0 Å². The molecule has 0 aromatic heterocycles. The number of hydrogen-bond donors (Lipinski definition) is 2. The van der Waals surface area contributed by atoms with Crippen molar-refractivity contribution in [2.45, 2.75) is 45.6 Å². The quantitative estimate of drug-likeness (QED) is 0.420. The smallest absolute Gasteiger partial charge is 0.255 e. The topological polar surface area (TPSA) is 70.7 Å². The van der Waals surface area contributed by atoms with E-state index in [-0.39, 0.29) is 11.8 Å². The van der Waals surface area contributed by atoms with Crippen molar-refractivity contribution < 1.29 is 14.3 Å². The highest BCUT2D eigenvalue weighted by Gasteiger charge is 2.24. The number of rotatable bonds is 7. The van der Waals surface area contributed by atoms with Crippen LogP contribution in [0.4, 0.5) is 11.4 Å². The van der Waals surface area contributed by atoms with Crippen molar-refractivity contribution in [2.24, 2.45) is 0 Å². The summed E-state index contributed by atoms with van der Waals surface area (Å²) in [6.07, 6.45) is 2.17. The molecule has 0 atom stereocenters. The van der Waals surface area contributed by atoms with Crippen molar-refractivity contribution in [2.75, 3.05) is 30.8 Å². The van der Waals surface area contributed by atoms with E-state index in [9.17, 15) is 9.59 Å². The molecule has 3 aromatic carbocycles. The minimum absolute atomic E-state index is 0.0985. The molecule has 0 spiro atoms. The highest BCUT2D eigenvalue weighted by atomic mass is 16.5. The second-order valence-electron chi connectivity index (χ2n) is 9.65. The van der Waals surface area contributed by atoms with E-state index in [0.29, 0.717) is 17.5 Å². The third-order valence-electron chi connectivity index (χ3n) is 6.87. The van der Waals surface area contributed by atoms with Gasteiger partial charge in [0.05, 0.1) is 7.11 Å². The molecule has 4 rings (SSSR count). The van der Waals surface area contributed by atoms with E-state index < -0.39 is 0 Å². The van der Waals surface area contributed by atoms with Crippen LogP contribution < -0.4 is 15.4 Å². The Hall–Kier alpha value is -3.64. The molecule has 6 nitrogen and oxygen atoms in total. The van der Waals surface area contributed by atoms with Crippen molar-refractivity contribution in [1.29, 1.82) is 0 Å². The maximum atomic E-state index is 13.0. The third-order valence-corrected chi connectivity index (χ3v) is 6.87. The van der Waals surface area contributed by atoms with E-state index in [2.05, 4.69) is 35.4 Å². The number of hydrogen-bond acceptors (Lipinski definition) is 4. The number of carbonyl (C=O) groups excluding carboxylic acids is 2. The minimum Gasteiger partial charge on any atom is -0.496 e. The predicted molar refractivity (Wildman–Crippen MR) is 146 cm³/mol. The van der Waals surface area contributed by atoms with Crippen molar-refractivity contribution in [3.63, 3.8) is 0 Å². The van der Waals surface area contributed by atoms with Crippen LogP contribution >= 0.6 is 0 Å². The van der Waals surface area contributed by atoms with Gasteiger partial charge >= 0.3 is 0 Å². The van der Waals surface area contributed by atoms with Crippen LogP contribution in [0.1, 0.15) is 55.5 Å². The van der Waals surface area contributed by atoms with E-state index >= 15 is 0 Å². The summed E-state index contributed by atoms with van der Waals surface area (Å²) in [5, 5.41) is 5.82. The molecule has 2 N–H and O–H groups in total. The standard InChI is InChI=1S/C30H35N3O3/c1-20(2)33-17-15-24(16-18-33)28-19-27(13-14-29(28)36-4)32-30(35)25-7-5-22(6-8-25)23-9-11-26(12-10-23)31-21(3)34/h5-14,19-20,24H,15-18H2,1-4H3,(H,31,34)(H,32,35). The summed E-state index contributed by atoms with van der Waals surface area (Å²) in [4.78, 5) is 26.7. The number of ether oxygens (including phenoxy) is 1. The molecule has 6 heteroatoms. The summed E-state index contributed by atoms with van der Waals surface area (Å²) in [6, 6.07) is 21.6. The monoisotopic (exact) mass is 485 g/mol. The molecule has 1 aliphatic rings. The number of nitrogens with one attached hydrogen (secondary N) is 2. The summed E-state index contributed by atoms with van der Waals surface area (Å²) in [6.45, 7) is 8.12. The summed E-state index contributed by atoms with van der Waals surface area (Å²) < 4.78 is 5.65. The highest BCUT2D eigenvalue weighted by molar-refractivity contribution is 6.04. The highest BCUT2D eigenvalue weighted by Crippen LogP contribution is 2.36. The van der Waals surface area contributed by atoms with Gasteiger partial charge in [-0.15, -0.1) is 0 Å². The fourth-order valence-electron chi connectivity index (χ4n) is 4.82. The first-order valence-electron chi connectivity index (χ1n) is 12.6. The Morgan fingerprint density at radius 3 is 2.00 bits per heavy atom. The van der Waals surface area contributed by atoms with Gasteiger partial charge in [-0.1, -0.05) is 24.3 Å². The van der Waals surface area contributed by atoms with Gasteiger partial charge in [-0.05, 0) is 105 Å². The number of methoxy groups -OCH3 is 1. The molecule has 1 heterocycles. The lowest BCUT2D eigenvalue weighted by molar-refractivity contribution is -0.114. The normalized spacial score (nSPS) is 14.5. The second-order valence-corrected chi connectivity index (χ2v) is 9.65. The molecule has 188 valence electrons. The number of benzene rings is 3. The molecule has 0 unspecified atom stereocenters. The van der Waals surface area contributed by atoms with E-state index in [1.54, 1.807) is 7.11 Å². The number of piperidine rings is 1. The summed E-state index contributed by atoms with van der Waals surface area (Å²) >= 11 is 0. The van der Waals surface area contributed by atoms with Gasteiger partial charge in [0.25, 0.3) is 5.91 Å². The van der Waals surface area contributed by atoms with Crippen molar-refractivity contribution in [3.8, 4) is 16.9 Å². The molecule has 36 heavy (non-hydrogen) atoms. The number of carbonyl (C=O) groups is 2. The molecule has 1 fully saturated rings. The van der Waals surface area contributed by atoms with E-state index in [1.165, 1.54) is 6.92 Å². The van der Waals surface area contributed by atoms with Crippen LogP contribution in [0, 0.1) is 0 Å². The third kappa shape index (κ3) is 6.13. The largest absolute Gasteiger partial charge is 0.496 e. The molecule has 2 amide bonds. The van der Waals surface area contributed by atoms with Crippen LogP contribution in [0.25, 0.3) is 11.1 Å². The average Bonchev–Trinajstić information content (AvgIpc) is 2.89. The molecule has 0 saturated carbocycles. The fourth-order valence-corrected chi connectivity index (χ4v) is 4.82. The van der Waals surface area contributed by atoms with Gasteiger partial charge < -0.3 is 20.3 Å². The van der Waals surface area contributed by atoms with Gasteiger partial charge in [-0.25, -0.2) is 0 Å². The lowest BCUT2D eigenvalue weighted by Gasteiger charge is -2.35. The van der Waals surface area contributed by atoms with Crippen LogP contribution in [0.15, 0.2) is 66.7 Å². The SMILES string of the molecule is COc1ccc(NC(=O)c2ccc(-c3ccc(NC(C)=O)cc3)cc2)cc1C1CCN(C(C)C)CC1. The number of likely N-dealkylation sites (tertiary alicyclic amines) is 1. The molecular weight excluding hydrogens is 450 g/mol. The van der Waals surface area contributed by atoms with E-state index in [1.807, 2.05) is 60.7 Å². The van der Waals surface area contributed by atoms with Crippen molar-refractivity contribution in [3.05, 3.63) is 77.9 Å². The van der Waals surface area contributed by atoms with E-state index in [4.69, 9.17) is 4.74 Å². The Kier molecular flexibility index (Phi) is 8.06. The number of anilines is 2. The van der Waals surface area contributed by atoms with Gasteiger partial charge in [0.15, 0.2) is 0 Å². The fraction of sp³-hybridized carbons (Fsp3) is 0.333. The molecule has 3 aromatic rings. The molecule has 1 saturated heterocycles. The van der Waals surface area contributed by atoms with Gasteiger partial charge in [0, 0.05) is 29.9 Å². The average molecular weight is 486 g/mol. The minimum atomic E-state index is -0.145. The van der Waals surface area contributed by atoms with Gasteiger partial charge in [-0.3, -0.25) is 9.59 Å². The van der Waals surface area contributed by atoms with Crippen molar-refractivity contribution in [1.82, 2.24) is 4.90 Å². The Morgan fingerprint density at radius 1 is 0.861 bits per heavy atom. The zero-order valence-corrected chi connectivity index (χ0v) is 21.5. The Balaban J connectivity index is 1.44. The molecule has 0 radical (unpaired) electrons. The van der Waals surface area contributed by atoms with Crippen molar-refractivity contribution >= 4 is 23.2 Å². The maximum absolute atomic E-state index is 13.0. The first-order chi connectivity index (χ1) is 17.3. The van der Waals surface area contributed by atoms with Crippen LogP contribution in [0.5, 0.6) is 5.75 Å².